The maximum absolute atomic E-state index is 12.4. The van der Waals surface area contributed by atoms with E-state index in [-0.39, 0.29) is 0 Å². The highest BCUT2D eigenvalue weighted by molar-refractivity contribution is 6.30. The van der Waals surface area contributed by atoms with E-state index in [1.54, 1.807) is 24.3 Å². The molecule has 0 unspecified atom stereocenters. The Morgan fingerprint density at radius 2 is 1.31 bits per heavy atom. The lowest BCUT2D eigenvalue weighted by atomic mass is 9.80. The minimum absolute atomic E-state index is 0.611. The number of halogens is 2. The van der Waals surface area contributed by atoms with Crippen LogP contribution in [-0.4, -0.2) is 46.4 Å². The third-order valence-electron chi connectivity index (χ3n) is 7.52. The van der Waals surface area contributed by atoms with E-state index in [0.717, 1.165) is 54.9 Å². The largest absolute Gasteiger partial charge is 0.376 e. The zero-order valence-corrected chi connectivity index (χ0v) is 22.9. The first-order valence-corrected chi connectivity index (χ1v) is 13.8. The summed E-state index contributed by atoms with van der Waals surface area (Å²) in [6.07, 6.45) is 1.84. The lowest BCUT2D eigenvalue weighted by Crippen LogP contribution is -2.46. The summed E-state index contributed by atoms with van der Waals surface area (Å²) in [4.78, 5) is 4.85. The van der Waals surface area contributed by atoms with E-state index >= 15 is 0 Å². The molecule has 5 aromatic rings. The van der Waals surface area contributed by atoms with Crippen LogP contribution >= 0.6 is 23.2 Å². The monoisotopic (exact) mass is 554 g/mol. The van der Waals surface area contributed by atoms with Gasteiger partial charge in [-0.15, -0.1) is 0 Å². The Labute approximate surface area is 238 Å². The molecule has 1 N–H and O–H groups in total. The topological polar surface area (TPSA) is 52.5 Å². The average Bonchev–Trinajstić information content (AvgIpc) is 2.98. The van der Waals surface area contributed by atoms with E-state index in [1.807, 2.05) is 48.7 Å². The van der Waals surface area contributed by atoms with Gasteiger partial charge in [-0.1, -0.05) is 83.9 Å². The number of piperazine rings is 1. The first kappa shape index (κ1) is 25.8. The smallest absolute Gasteiger partial charge is 0.140 e. The number of benzene rings is 4. The van der Waals surface area contributed by atoms with Gasteiger partial charge in [0.15, 0.2) is 0 Å². The number of hydrogen-bond acceptors (Lipinski definition) is 5. The molecule has 0 aliphatic carbocycles. The van der Waals surface area contributed by atoms with Crippen LogP contribution in [0.25, 0.3) is 10.9 Å². The molecular weight excluding hydrogens is 527 g/mol. The van der Waals surface area contributed by atoms with Crippen molar-refractivity contribution in [3.05, 3.63) is 136 Å². The van der Waals surface area contributed by atoms with Gasteiger partial charge >= 0.3 is 0 Å². The van der Waals surface area contributed by atoms with Crippen LogP contribution in [0.5, 0.6) is 0 Å². The summed E-state index contributed by atoms with van der Waals surface area (Å²) in [6, 6.07) is 31.1. The average molecular weight is 556 g/mol. The molecule has 6 rings (SSSR count). The van der Waals surface area contributed by atoms with E-state index in [9.17, 15) is 5.11 Å². The Bertz CT molecular complexity index is 1520. The van der Waals surface area contributed by atoms with Gasteiger partial charge in [-0.3, -0.25) is 4.90 Å². The molecule has 1 saturated heterocycles. The molecule has 2 heterocycles. The predicted molar refractivity (Wildman–Crippen MR) is 158 cm³/mol. The Kier molecular flexibility index (Phi) is 7.24. The normalized spacial score (nSPS) is 14.6. The van der Waals surface area contributed by atoms with Crippen LogP contribution < -0.4 is 4.90 Å². The highest BCUT2D eigenvalue weighted by Crippen LogP contribution is 2.39. The van der Waals surface area contributed by atoms with Crippen molar-refractivity contribution >= 4 is 39.8 Å². The van der Waals surface area contributed by atoms with Crippen molar-refractivity contribution in [2.45, 2.75) is 12.1 Å². The molecule has 1 fully saturated rings. The molecule has 1 aliphatic rings. The number of fused-ring (bicyclic) bond motifs is 1. The quantitative estimate of drug-likeness (QED) is 0.241. The van der Waals surface area contributed by atoms with Crippen LogP contribution in [0.2, 0.25) is 10.0 Å². The highest BCUT2D eigenvalue weighted by atomic mass is 35.5. The Morgan fingerprint density at radius 1 is 0.718 bits per heavy atom. The molecule has 7 heteroatoms. The summed E-state index contributed by atoms with van der Waals surface area (Å²) >= 11 is 12.4. The van der Waals surface area contributed by atoms with Gasteiger partial charge in [0.1, 0.15) is 5.60 Å². The Hall–Kier alpha value is -3.48. The second-order valence-corrected chi connectivity index (χ2v) is 10.8. The van der Waals surface area contributed by atoms with E-state index in [0.29, 0.717) is 21.2 Å². The first-order chi connectivity index (χ1) is 19.0. The summed E-state index contributed by atoms with van der Waals surface area (Å²) in [5.74, 6) is 0. The Balaban J connectivity index is 1.36. The molecule has 0 saturated carbocycles. The van der Waals surface area contributed by atoms with Gasteiger partial charge < -0.3 is 10.0 Å². The van der Waals surface area contributed by atoms with Crippen molar-refractivity contribution in [3.8, 4) is 0 Å². The highest BCUT2D eigenvalue weighted by Gasteiger charge is 2.34. The molecule has 196 valence electrons. The third-order valence-corrected chi connectivity index (χ3v) is 8.03. The van der Waals surface area contributed by atoms with E-state index in [4.69, 9.17) is 23.2 Å². The zero-order valence-electron chi connectivity index (χ0n) is 21.3. The lowest BCUT2D eigenvalue weighted by Gasteiger charge is -2.36. The summed E-state index contributed by atoms with van der Waals surface area (Å²) in [7, 11) is 0. The minimum atomic E-state index is -1.42. The van der Waals surface area contributed by atoms with Crippen LogP contribution in [0.4, 0.5) is 5.69 Å². The van der Waals surface area contributed by atoms with Crippen LogP contribution in [0.3, 0.4) is 0 Å². The van der Waals surface area contributed by atoms with Crippen LogP contribution in [0.15, 0.2) is 103 Å². The van der Waals surface area contributed by atoms with E-state index in [1.165, 1.54) is 5.56 Å². The number of rotatable bonds is 6. The summed E-state index contributed by atoms with van der Waals surface area (Å²) < 4.78 is 0. The molecule has 0 spiro atoms. The van der Waals surface area contributed by atoms with Gasteiger partial charge in [0, 0.05) is 48.2 Å². The second-order valence-electron chi connectivity index (χ2n) is 9.93. The number of anilines is 1. The SMILES string of the molecule is OC(c1ccc(Cl)cc1)(c1ccc(Cl)cc1)c1ccc2nncc(N3CCN(Cc4ccccc4)CC3)c2c1. The predicted octanol–water partition coefficient (Wildman–Crippen LogP) is 6.54. The summed E-state index contributed by atoms with van der Waals surface area (Å²) in [6.45, 7) is 4.63. The second kappa shape index (κ2) is 10.9. The fourth-order valence-electron chi connectivity index (χ4n) is 5.39. The van der Waals surface area contributed by atoms with Crippen molar-refractivity contribution in [3.63, 3.8) is 0 Å². The van der Waals surface area contributed by atoms with Crippen molar-refractivity contribution in [1.82, 2.24) is 15.1 Å². The van der Waals surface area contributed by atoms with Crippen LogP contribution in [0, 0.1) is 0 Å². The standard InChI is InChI=1S/C32H28Cl2N4O/c33-27-11-6-24(7-12-27)32(39,25-8-13-28(34)14-9-25)26-10-15-30-29(20-26)31(21-35-36-30)38-18-16-37(17-19-38)22-23-4-2-1-3-5-23/h1-15,20-21,39H,16-19,22H2. The maximum Gasteiger partial charge on any atom is 0.140 e. The zero-order chi connectivity index (χ0) is 26.8. The molecular formula is C32H28Cl2N4O. The molecule has 1 aliphatic heterocycles. The van der Waals surface area contributed by atoms with Crippen molar-refractivity contribution in [2.75, 3.05) is 31.1 Å². The fourth-order valence-corrected chi connectivity index (χ4v) is 5.64. The van der Waals surface area contributed by atoms with Crippen molar-refractivity contribution < 1.29 is 5.11 Å². The molecule has 0 atom stereocenters. The van der Waals surface area contributed by atoms with Crippen molar-refractivity contribution in [1.29, 1.82) is 0 Å². The van der Waals surface area contributed by atoms with Gasteiger partial charge in [0.05, 0.1) is 17.4 Å². The number of hydrogen-bond donors (Lipinski definition) is 1. The molecule has 0 radical (unpaired) electrons. The van der Waals surface area contributed by atoms with Gasteiger partial charge in [0.2, 0.25) is 0 Å². The number of aromatic nitrogens is 2. The van der Waals surface area contributed by atoms with Crippen LogP contribution in [-0.2, 0) is 12.1 Å². The first-order valence-electron chi connectivity index (χ1n) is 13.0. The maximum atomic E-state index is 12.4. The fraction of sp³-hybridized carbons (Fsp3) is 0.188. The molecule has 0 amide bonds. The molecule has 39 heavy (non-hydrogen) atoms. The molecule has 4 aromatic carbocycles. The summed E-state index contributed by atoms with van der Waals surface area (Å²) in [5, 5.41) is 23.3. The van der Waals surface area contributed by atoms with Gasteiger partial charge in [-0.05, 0) is 58.7 Å². The molecule has 5 nitrogen and oxygen atoms in total. The number of aliphatic hydroxyl groups is 1. The lowest BCUT2D eigenvalue weighted by molar-refractivity contribution is 0.126. The van der Waals surface area contributed by atoms with Gasteiger partial charge in [-0.25, -0.2) is 0 Å². The van der Waals surface area contributed by atoms with Gasteiger partial charge in [0.25, 0.3) is 0 Å². The molecule has 0 bridgehead atoms. The van der Waals surface area contributed by atoms with Crippen LogP contribution in [0.1, 0.15) is 22.3 Å². The molecule has 1 aromatic heterocycles. The van der Waals surface area contributed by atoms with E-state index < -0.39 is 5.60 Å². The minimum Gasteiger partial charge on any atom is -0.376 e. The third kappa shape index (κ3) is 5.23. The van der Waals surface area contributed by atoms with E-state index in [2.05, 4.69) is 50.3 Å². The van der Waals surface area contributed by atoms with Gasteiger partial charge in [-0.2, -0.15) is 10.2 Å². The number of nitrogens with zero attached hydrogens (tertiary/aromatic N) is 4. The summed E-state index contributed by atoms with van der Waals surface area (Å²) in [5.41, 5.74) is 3.89. The Morgan fingerprint density at radius 3 is 1.92 bits per heavy atom. The van der Waals surface area contributed by atoms with Crippen molar-refractivity contribution in [2.24, 2.45) is 0 Å².